The van der Waals surface area contributed by atoms with Crippen molar-refractivity contribution in [1.82, 2.24) is 0 Å². The number of hydrogen-bond acceptors (Lipinski definition) is 10. The van der Waals surface area contributed by atoms with Crippen molar-refractivity contribution < 1.29 is 47.6 Å². The van der Waals surface area contributed by atoms with Gasteiger partial charge < -0.3 is 28.4 Å². The first-order valence-corrected chi connectivity index (χ1v) is 20.9. The summed E-state index contributed by atoms with van der Waals surface area (Å²) in [4.78, 5) is 52.8. The molecular formula is C47H63ClO10. The number of esters is 2. The fourth-order valence-corrected chi connectivity index (χ4v) is 6.54. The molecule has 0 fully saturated rings. The summed E-state index contributed by atoms with van der Waals surface area (Å²) in [6, 6.07) is 24.3. The van der Waals surface area contributed by atoms with Gasteiger partial charge in [0.2, 0.25) is 0 Å². The van der Waals surface area contributed by atoms with Gasteiger partial charge in [-0.2, -0.15) is 0 Å². The second kappa shape index (κ2) is 26.2. The lowest BCUT2D eigenvalue weighted by molar-refractivity contribution is -0.162. The summed E-state index contributed by atoms with van der Waals surface area (Å²) in [5, 5.41) is 0.413. The minimum absolute atomic E-state index is 0.0125. The van der Waals surface area contributed by atoms with E-state index in [4.69, 9.17) is 40.0 Å². The summed E-state index contributed by atoms with van der Waals surface area (Å²) in [5.41, 5.74) is 0.765. The van der Waals surface area contributed by atoms with E-state index < -0.39 is 29.1 Å². The molecular weight excluding hydrogens is 760 g/mol. The van der Waals surface area contributed by atoms with Crippen LogP contribution in [0.5, 0.6) is 0 Å². The van der Waals surface area contributed by atoms with E-state index in [1.807, 2.05) is 79.7 Å². The van der Waals surface area contributed by atoms with Gasteiger partial charge in [-0.15, -0.1) is 0 Å². The summed E-state index contributed by atoms with van der Waals surface area (Å²) < 4.78 is 34.2. The first kappa shape index (κ1) is 48.4. The third-order valence-corrected chi connectivity index (χ3v) is 9.56. The van der Waals surface area contributed by atoms with Crippen molar-refractivity contribution in [2.75, 3.05) is 52.9 Å². The highest BCUT2D eigenvalue weighted by atomic mass is 35.5. The van der Waals surface area contributed by atoms with Crippen LogP contribution in [0.25, 0.3) is 0 Å². The molecule has 2 unspecified atom stereocenters. The van der Waals surface area contributed by atoms with E-state index in [2.05, 4.69) is 6.92 Å². The molecule has 0 aliphatic carbocycles. The SMILES string of the molecule is CCCCCOCCOCCOCCCCC(=O)COCC(=O)CC(CCC(=O)OC(c1ccccc1)(c1ccc(C)cc1)c1ccccc1Cl)C(=O)OC(C)(C)C. The predicted molar refractivity (Wildman–Crippen MR) is 225 cm³/mol. The number of aryl methyl sites for hydroxylation is 1. The van der Waals surface area contributed by atoms with Crippen molar-refractivity contribution >= 4 is 35.1 Å². The molecule has 0 saturated heterocycles. The van der Waals surface area contributed by atoms with Crippen LogP contribution >= 0.6 is 11.6 Å². The molecule has 0 aromatic heterocycles. The standard InChI is InChI=1S/C47H63ClO10/c1-6-7-14-27-53-29-31-55-32-30-54-28-15-13-18-40(49)34-56-35-41(50)33-37(45(52)58-46(3,4)5)23-26-44(51)57-47(38-16-9-8-10-17-38,39-24-21-36(2)22-25-39)42-19-11-12-20-43(42)48/h8-12,16-17,19-22,24-25,37H,6-7,13-15,18,23,26-35H2,1-5H3. The van der Waals surface area contributed by atoms with Crippen LogP contribution in [0.1, 0.15) is 108 Å². The molecule has 3 aromatic rings. The number of hydrogen-bond donors (Lipinski definition) is 0. The number of carbonyl (C=O) groups is 4. The predicted octanol–water partition coefficient (Wildman–Crippen LogP) is 9.18. The van der Waals surface area contributed by atoms with E-state index in [9.17, 15) is 19.2 Å². The van der Waals surface area contributed by atoms with E-state index in [-0.39, 0.29) is 44.0 Å². The maximum atomic E-state index is 14.0. The lowest BCUT2D eigenvalue weighted by atomic mass is 9.79. The van der Waals surface area contributed by atoms with E-state index in [1.54, 1.807) is 26.8 Å². The van der Waals surface area contributed by atoms with Gasteiger partial charge in [0.05, 0.1) is 32.3 Å². The molecule has 0 aliphatic heterocycles. The van der Waals surface area contributed by atoms with E-state index in [0.717, 1.165) is 18.6 Å². The molecule has 0 aliphatic rings. The zero-order valence-electron chi connectivity index (χ0n) is 35.1. The zero-order chi connectivity index (χ0) is 42.2. The molecule has 0 spiro atoms. The molecule has 318 valence electrons. The van der Waals surface area contributed by atoms with Gasteiger partial charge in [-0.05, 0) is 59.4 Å². The summed E-state index contributed by atoms with van der Waals surface area (Å²) in [7, 11) is 0. The summed E-state index contributed by atoms with van der Waals surface area (Å²) in [6.45, 7) is 12.2. The maximum absolute atomic E-state index is 14.0. The summed E-state index contributed by atoms with van der Waals surface area (Å²) in [6.07, 6.45) is 4.63. The zero-order valence-corrected chi connectivity index (χ0v) is 35.8. The Bertz CT molecular complexity index is 1670. The van der Waals surface area contributed by atoms with E-state index in [1.165, 1.54) is 12.8 Å². The molecule has 2 atom stereocenters. The van der Waals surface area contributed by atoms with Crippen molar-refractivity contribution in [1.29, 1.82) is 0 Å². The number of carbonyl (C=O) groups excluding carboxylic acids is 4. The van der Waals surface area contributed by atoms with Crippen molar-refractivity contribution in [2.24, 2.45) is 5.92 Å². The second-order valence-corrected chi connectivity index (χ2v) is 15.8. The van der Waals surface area contributed by atoms with Gasteiger partial charge in [-0.1, -0.05) is 110 Å². The average molecular weight is 823 g/mol. The highest BCUT2D eigenvalue weighted by molar-refractivity contribution is 6.31. The highest BCUT2D eigenvalue weighted by Gasteiger charge is 2.42. The molecule has 0 radical (unpaired) electrons. The van der Waals surface area contributed by atoms with Gasteiger partial charge in [0.15, 0.2) is 17.2 Å². The number of halogens is 1. The molecule has 0 saturated carbocycles. The molecule has 0 N–H and O–H groups in total. The van der Waals surface area contributed by atoms with Gasteiger partial charge in [0, 0.05) is 54.2 Å². The largest absolute Gasteiger partial charge is 0.460 e. The smallest absolute Gasteiger partial charge is 0.309 e. The van der Waals surface area contributed by atoms with Crippen LogP contribution in [0, 0.1) is 12.8 Å². The van der Waals surface area contributed by atoms with Gasteiger partial charge >= 0.3 is 11.9 Å². The lowest BCUT2D eigenvalue weighted by Gasteiger charge is -2.36. The Morgan fingerprint density at radius 2 is 1.19 bits per heavy atom. The molecule has 0 heterocycles. The first-order chi connectivity index (χ1) is 27.9. The van der Waals surface area contributed by atoms with E-state index >= 15 is 0 Å². The minimum atomic E-state index is -1.41. The number of benzene rings is 3. The first-order valence-electron chi connectivity index (χ1n) is 20.5. The van der Waals surface area contributed by atoms with Gasteiger partial charge in [-0.3, -0.25) is 19.2 Å². The number of Topliss-reactive ketones (excluding diaryl/α,β-unsaturated/α-hetero) is 2. The Hall–Kier alpha value is -3.93. The number of unbranched alkanes of at least 4 members (excludes halogenated alkanes) is 3. The van der Waals surface area contributed by atoms with Gasteiger partial charge in [-0.25, -0.2) is 0 Å². The van der Waals surface area contributed by atoms with Crippen LogP contribution in [-0.4, -0.2) is 82.0 Å². The van der Waals surface area contributed by atoms with Crippen molar-refractivity contribution in [3.63, 3.8) is 0 Å². The third kappa shape index (κ3) is 17.5. The number of rotatable bonds is 29. The van der Waals surface area contributed by atoms with Crippen LogP contribution < -0.4 is 0 Å². The quantitative estimate of drug-likeness (QED) is 0.0381. The maximum Gasteiger partial charge on any atom is 0.309 e. The fourth-order valence-electron chi connectivity index (χ4n) is 6.27. The molecule has 3 aromatic carbocycles. The Labute approximate surface area is 350 Å². The van der Waals surface area contributed by atoms with Crippen LogP contribution in [0.4, 0.5) is 0 Å². The van der Waals surface area contributed by atoms with Crippen LogP contribution in [0.15, 0.2) is 78.9 Å². The normalized spacial score (nSPS) is 13.1. The van der Waals surface area contributed by atoms with Crippen LogP contribution in [-0.2, 0) is 53.2 Å². The molecule has 3 rings (SSSR count). The van der Waals surface area contributed by atoms with Crippen molar-refractivity contribution in [3.8, 4) is 0 Å². The molecule has 10 nitrogen and oxygen atoms in total. The topological polar surface area (TPSA) is 124 Å². The molecule has 58 heavy (non-hydrogen) atoms. The monoisotopic (exact) mass is 822 g/mol. The Balaban J connectivity index is 1.53. The Morgan fingerprint density at radius 1 is 0.621 bits per heavy atom. The average Bonchev–Trinajstić information content (AvgIpc) is 3.19. The van der Waals surface area contributed by atoms with Crippen LogP contribution in [0.3, 0.4) is 0 Å². The third-order valence-electron chi connectivity index (χ3n) is 9.23. The minimum Gasteiger partial charge on any atom is -0.460 e. The van der Waals surface area contributed by atoms with Gasteiger partial charge in [0.25, 0.3) is 0 Å². The van der Waals surface area contributed by atoms with Crippen LogP contribution in [0.2, 0.25) is 5.02 Å². The second-order valence-electron chi connectivity index (χ2n) is 15.4. The fraction of sp³-hybridized carbons (Fsp3) is 0.532. The molecule has 0 bridgehead atoms. The summed E-state index contributed by atoms with van der Waals surface area (Å²) in [5.74, 6) is -2.66. The van der Waals surface area contributed by atoms with Crippen molar-refractivity contribution in [3.05, 3.63) is 106 Å². The van der Waals surface area contributed by atoms with Crippen molar-refractivity contribution in [2.45, 2.75) is 104 Å². The number of ketones is 2. The van der Waals surface area contributed by atoms with Gasteiger partial charge in [0.1, 0.15) is 18.8 Å². The summed E-state index contributed by atoms with van der Waals surface area (Å²) >= 11 is 6.81. The van der Waals surface area contributed by atoms with E-state index in [0.29, 0.717) is 74.0 Å². The Morgan fingerprint density at radius 3 is 1.81 bits per heavy atom. The molecule has 11 heteroatoms. The number of ether oxygens (including phenoxy) is 6. The molecule has 0 amide bonds. The highest BCUT2D eigenvalue weighted by Crippen LogP contribution is 2.44. The Kier molecular flexibility index (Phi) is 21.9. The lowest BCUT2D eigenvalue weighted by Crippen LogP contribution is -2.36.